The first-order valence-electron chi connectivity index (χ1n) is 6.66. The van der Waals surface area contributed by atoms with E-state index in [1.165, 1.54) is 4.90 Å². The van der Waals surface area contributed by atoms with Crippen molar-refractivity contribution in [2.24, 2.45) is 10.9 Å². The lowest BCUT2D eigenvalue weighted by Gasteiger charge is -2.25. The topological polar surface area (TPSA) is 91.8 Å². The van der Waals surface area contributed by atoms with Crippen molar-refractivity contribution in [2.75, 3.05) is 6.54 Å². The number of nitrogens with two attached hydrogens (primary N) is 1. The van der Waals surface area contributed by atoms with E-state index in [9.17, 15) is 4.79 Å². The van der Waals surface area contributed by atoms with Crippen molar-refractivity contribution in [1.82, 2.24) is 9.88 Å². The zero-order valence-corrected chi connectivity index (χ0v) is 12.0. The predicted octanol–water partition coefficient (Wildman–Crippen LogP) is 1.83. The molecule has 0 atom stereocenters. The van der Waals surface area contributed by atoms with Gasteiger partial charge in [-0.25, -0.2) is 4.98 Å². The van der Waals surface area contributed by atoms with Crippen molar-refractivity contribution < 1.29 is 10.0 Å². The molecule has 0 bridgehead atoms. The highest BCUT2D eigenvalue weighted by Gasteiger charge is 2.21. The maximum atomic E-state index is 12.6. The van der Waals surface area contributed by atoms with Crippen molar-refractivity contribution in [3.05, 3.63) is 42.1 Å². The first-order chi connectivity index (χ1) is 10.0. The largest absolute Gasteiger partial charge is 0.409 e. The first-order valence-corrected chi connectivity index (χ1v) is 6.66. The molecule has 0 saturated heterocycles. The third-order valence-corrected chi connectivity index (χ3v) is 3.16. The molecule has 2 rings (SSSR count). The van der Waals surface area contributed by atoms with Crippen LogP contribution < -0.4 is 5.73 Å². The molecule has 1 heterocycles. The van der Waals surface area contributed by atoms with Crippen molar-refractivity contribution in [3.8, 4) is 0 Å². The van der Waals surface area contributed by atoms with Gasteiger partial charge < -0.3 is 15.8 Å². The Morgan fingerprint density at radius 3 is 2.71 bits per heavy atom. The van der Waals surface area contributed by atoms with Gasteiger partial charge in [0, 0.05) is 11.4 Å². The molecule has 0 unspecified atom stereocenters. The minimum absolute atomic E-state index is 0.0159. The van der Waals surface area contributed by atoms with Gasteiger partial charge in [-0.1, -0.05) is 29.4 Å². The van der Waals surface area contributed by atoms with E-state index in [2.05, 4.69) is 10.1 Å². The molecule has 0 spiro atoms. The molecule has 0 radical (unpaired) electrons. The molecule has 0 aliphatic rings. The Morgan fingerprint density at radius 1 is 1.33 bits per heavy atom. The number of amidine groups is 1. The van der Waals surface area contributed by atoms with Gasteiger partial charge in [0.15, 0.2) is 5.84 Å². The number of carbonyl (C=O) groups is 1. The van der Waals surface area contributed by atoms with Crippen molar-refractivity contribution >= 4 is 22.6 Å². The number of hydrogen-bond donors (Lipinski definition) is 2. The van der Waals surface area contributed by atoms with Gasteiger partial charge >= 0.3 is 0 Å². The Labute approximate surface area is 122 Å². The molecular formula is C15H18N4O2. The van der Waals surface area contributed by atoms with Crippen LogP contribution >= 0.6 is 0 Å². The molecule has 2 aromatic rings. The molecule has 3 N–H and O–H groups in total. The number of rotatable bonds is 4. The predicted molar refractivity (Wildman–Crippen MR) is 81.3 cm³/mol. The Morgan fingerprint density at radius 2 is 2.05 bits per heavy atom. The van der Waals surface area contributed by atoms with Crippen LogP contribution in [0.5, 0.6) is 0 Å². The van der Waals surface area contributed by atoms with E-state index in [-0.39, 0.29) is 24.3 Å². The standard InChI is InChI=1S/C15H18N4O2/c1-10(2)19(9-14(16)18-21)15(20)13-8-7-11-5-3-4-6-12(11)17-13/h3-8,10,21H,9H2,1-2H3,(H2,16,18). The molecule has 6 nitrogen and oxygen atoms in total. The first kappa shape index (κ1) is 14.8. The maximum absolute atomic E-state index is 12.6. The fourth-order valence-electron chi connectivity index (χ4n) is 2.03. The second kappa shape index (κ2) is 6.21. The van der Waals surface area contributed by atoms with Crippen molar-refractivity contribution in [1.29, 1.82) is 0 Å². The van der Waals surface area contributed by atoms with E-state index < -0.39 is 0 Å². The molecule has 1 amide bonds. The molecule has 0 aliphatic carbocycles. The van der Waals surface area contributed by atoms with Crippen LogP contribution in [0.1, 0.15) is 24.3 Å². The number of aromatic nitrogens is 1. The number of nitrogens with zero attached hydrogens (tertiary/aromatic N) is 3. The average molecular weight is 286 g/mol. The molecule has 110 valence electrons. The second-order valence-corrected chi connectivity index (χ2v) is 5.01. The third kappa shape index (κ3) is 3.28. The minimum Gasteiger partial charge on any atom is -0.409 e. The number of oxime groups is 1. The summed E-state index contributed by atoms with van der Waals surface area (Å²) < 4.78 is 0. The molecule has 6 heteroatoms. The van der Waals surface area contributed by atoms with Gasteiger partial charge in [-0.05, 0) is 26.0 Å². The smallest absolute Gasteiger partial charge is 0.273 e. The number of benzene rings is 1. The van der Waals surface area contributed by atoms with Gasteiger partial charge in [0.2, 0.25) is 0 Å². The van der Waals surface area contributed by atoms with Gasteiger partial charge in [-0.2, -0.15) is 0 Å². The third-order valence-electron chi connectivity index (χ3n) is 3.16. The number of fused-ring (bicyclic) bond motifs is 1. The lowest BCUT2D eigenvalue weighted by atomic mass is 10.2. The molecule has 1 aromatic heterocycles. The van der Waals surface area contributed by atoms with Gasteiger partial charge in [-0.15, -0.1) is 0 Å². The number of hydrogen-bond acceptors (Lipinski definition) is 4. The summed E-state index contributed by atoms with van der Waals surface area (Å²) in [5.41, 5.74) is 6.60. The number of pyridine rings is 1. The molecule has 21 heavy (non-hydrogen) atoms. The van der Waals surface area contributed by atoms with E-state index in [1.807, 2.05) is 44.2 Å². The summed E-state index contributed by atoms with van der Waals surface area (Å²) in [5, 5.41) is 12.6. The van der Waals surface area contributed by atoms with E-state index in [0.717, 1.165) is 10.9 Å². The Kier molecular flexibility index (Phi) is 4.37. The normalized spacial score (nSPS) is 11.9. The van der Waals surface area contributed by atoms with Crippen LogP contribution in [0.4, 0.5) is 0 Å². The van der Waals surface area contributed by atoms with Gasteiger partial charge in [0.25, 0.3) is 5.91 Å². The van der Waals surface area contributed by atoms with E-state index in [0.29, 0.717) is 5.69 Å². The lowest BCUT2D eigenvalue weighted by molar-refractivity contribution is 0.0728. The second-order valence-electron chi connectivity index (χ2n) is 5.01. The summed E-state index contributed by atoms with van der Waals surface area (Å²) in [6, 6.07) is 11.0. The van der Waals surface area contributed by atoms with Gasteiger partial charge in [0.05, 0.1) is 12.1 Å². The SMILES string of the molecule is CC(C)N(CC(N)=NO)C(=O)c1ccc2ccccc2n1. The zero-order valence-electron chi connectivity index (χ0n) is 12.0. The van der Waals surface area contributed by atoms with E-state index >= 15 is 0 Å². The monoisotopic (exact) mass is 286 g/mol. The van der Waals surface area contributed by atoms with Crippen molar-refractivity contribution in [2.45, 2.75) is 19.9 Å². The number of para-hydroxylation sites is 1. The summed E-state index contributed by atoms with van der Waals surface area (Å²) in [6.45, 7) is 3.79. The van der Waals surface area contributed by atoms with Crippen LogP contribution in [0.2, 0.25) is 0 Å². The van der Waals surface area contributed by atoms with Gasteiger partial charge in [0.1, 0.15) is 5.69 Å². The summed E-state index contributed by atoms with van der Waals surface area (Å²) in [6.07, 6.45) is 0. The highest BCUT2D eigenvalue weighted by Crippen LogP contribution is 2.14. The number of carbonyl (C=O) groups excluding carboxylic acids is 1. The van der Waals surface area contributed by atoms with E-state index in [1.54, 1.807) is 6.07 Å². The van der Waals surface area contributed by atoms with Crippen LogP contribution in [-0.4, -0.2) is 39.4 Å². The highest BCUT2D eigenvalue weighted by atomic mass is 16.4. The van der Waals surface area contributed by atoms with Gasteiger partial charge in [-0.3, -0.25) is 4.79 Å². The quantitative estimate of drug-likeness (QED) is 0.388. The number of amides is 1. The van der Waals surface area contributed by atoms with E-state index in [4.69, 9.17) is 10.9 Å². The van der Waals surface area contributed by atoms with Crippen LogP contribution in [0.3, 0.4) is 0 Å². The lowest BCUT2D eigenvalue weighted by Crippen LogP contribution is -2.43. The summed E-state index contributed by atoms with van der Waals surface area (Å²) in [7, 11) is 0. The molecular weight excluding hydrogens is 268 g/mol. The minimum atomic E-state index is -0.248. The average Bonchev–Trinajstić information content (AvgIpc) is 2.50. The summed E-state index contributed by atoms with van der Waals surface area (Å²) in [5.74, 6) is -0.264. The molecule has 1 aromatic carbocycles. The summed E-state index contributed by atoms with van der Waals surface area (Å²) in [4.78, 5) is 18.4. The Hall–Kier alpha value is -2.63. The summed E-state index contributed by atoms with van der Waals surface area (Å²) >= 11 is 0. The highest BCUT2D eigenvalue weighted by molar-refractivity contribution is 5.97. The maximum Gasteiger partial charge on any atom is 0.273 e. The van der Waals surface area contributed by atoms with Crippen LogP contribution in [0.15, 0.2) is 41.6 Å². The Balaban J connectivity index is 2.34. The fourth-order valence-corrected chi connectivity index (χ4v) is 2.03. The molecule has 0 aliphatic heterocycles. The van der Waals surface area contributed by atoms with Crippen LogP contribution in [0.25, 0.3) is 10.9 Å². The molecule has 0 fully saturated rings. The van der Waals surface area contributed by atoms with Crippen LogP contribution in [-0.2, 0) is 0 Å². The van der Waals surface area contributed by atoms with Crippen LogP contribution in [0, 0.1) is 0 Å². The zero-order chi connectivity index (χ0) is 15.4. The fraction of sp³-hybridized carbons (Fsp3) is 0.267. The Bertz CT molecular complexity index is 682. The molecule has 0 saturated carbocycles. The van der Waals surface area contributed by atoms with Crippen molar-refractivity contribution in [3.63, 3.8) is 0 Å².